The maximum Gasteiger partial charge on any atom is 1.00 e. The fraction of sp³-hybridized carbons (Fsp3) is 0.556. The molecule has 0 aliphatic heterocycles. The van der Waals surface area contributed by atoms with E-state index >= 15 is 0 Å². The van der Waals surface area contributed by atoms with Crippen molar-refractivity contribution >= 4 is 12.2 Å². The van der Waals surface area contributed by atoms with Crippen LogP contribution in [0.25, 0.3) is 0 Å². The third kappa shape index (κ3) is 24.8. The van der Waals surface area contributed by atoms with Crippen molar-refractivity contribution in [1.82, 2.24) is 0 Å². The molecule has 0 saturated heterocycles. The van der Waals surface area contributed by atoms with Crippen molar-refractivity contribution in [1.29, 1.82) is 0 Å². The van der Waals surface area contributed by atoms with E-state index in [0.29, 0.717) is 6.42 Å². The summed E-state index contributed by atoms with van der Waals surface area (Å²) in [5, 5.41) is 19.8. The summed E-state index contributed by atoms with van der Waals surface area (Å²) < 4.78 is 4.98. The molecule has 1 atom stereocenters. The van der Waals surface area contributed by atoms with E-state index in [0.717, 1.165) is 13.3 Å². The summed E-state index contributed by atoms with van der Waals surface area (Å²) in [6.45, 7) is 4.55. The molecule has 1 unspecified atom stereocenters. The van der Waals surface area contributed by atoms with Crippen molar-refractivity contribution in [2.24, 2.45) is 5.16 Å². The number of nitrogens with zero attached hydrogens (tertiary/aromatic N) is 1. The molecule has 6 heteroatoms. The van der Waals surface area contributed by atoms with Gasteiger partial charge >= 0.3 is 29.6 Å². The molecule has 0 aromatic heterocycles. The summed E-state index contributed by atoms with van der Waals surface area (Å²) >= 11 is 0. The first kappa shape index (κ1) is 20.1. The molecule has 0 heterocycles. The number of hydrogen-bond donors (Lipinski definition) is 1. The molecule has 82 valence electrons. The summed E-state index contributed by atoms with van der Waals surface area (Å²) in [6.07, 6.45) is 4.75. The Bertz CT molecular complexity index is 181. The van der Waals surface area contributed by atoms with Crippen LogP contribution in [-0.4, -0.2) is 30.6 Å². The number of carboxylic acid groups (broad SMARTS) is 1. The molecule has 0 aliphatic carbocycles. The van der Waals surface area contributed by atoms with Crippen LogP contribution in [0.4, 0.5) is 0 Å². The number of methoxy groups -OCH3 is 1. The Kier molecular flexibility index (Phi) is 21.6. The normalized spacial score (nSPS) is 10.8. The fourth-order valence-electron chi connectivity index (χ4n) is 0.628. The molecule has 0 bridgehead atoms. The predicted octanol–water partition coefficient (Wildman–Crippen LogP) is -2.81. The van der Waals surface area contributed by atoms with E-state index in [9.17, 15) is 0 Å². The molecular weight excluding hydrogens is 209 g/mol. The zero-order valence-corrected chi connectivity index (χ0v) is 11.5. The summed E-state index contributed by atoms with van der Waals surface area (Å²) in [5.74, 6) is -1.08. The quantitative estimate of drug-likeness (QED) is 0.180. The van der Waals surface area contributed by atoms with Gasteiger partial charge in [-0.05, 0) is 19.8 Å². The van der Waals surface area contributed by atoms with Crippen LogP contribution < -0.4 is 34.7 Å². The van der Waals surface area contributed by atoms with Gasteiger partial charge < -0.3 is 19.8 Å². The minimum atomic E-state index is -1.08. The van der Waals surface area contributed by atoms with Crippen molar-refractivity contribution in [3.05, 3.63) is 12.7 Å². The molecule has 0 spiro atoms. The number of oxime groups is 1. The number of carboxylic acids is 1. The van der Waals surface area contributed by atoms with Crippen LogP contribution in [0.5, 0.6) is 0 Å². The van der Waals surface area contributed by atoms with Crippen LogP contribution in [0.15, 0.2) is 17.8 Å². The van der Waals surface area contributed by atoms with E-state index in [2.05, 4.69) is 11.7 Å². The molecule has 5 nitrogen and oxygen atoms in total. The van der Waals surface area contributed by atoms with Gasteiger partial charge in [0.15, 0.2) is 0 Å². The average Bonchev–Trinajstić information content (AvgIpc) is 2.12. The Labute approximate surface area is 112 Å². The number of carbonyl (C=O) groups excluding carboxylic acids is 1. The van der Waals surface area contributed by atoms with Gasteiger partial charge in [0.25, 0.3) is 0 Å². The minimum absolute atomic E-state index is 0. The van der Waals surface area contributed by atoms with Crippen LogP contribution in [-0.2, 0) is 9.53 Å². The zero-order valence-electron chi connectivity index (χ0n) is 9.47. The van der Waals surface area contributed by atoms with Crippen molar-refractivity contribution in [3.63, 3.8) is 0 Å². The summed E-state index contributed by atoms with van der Waals surface area (Å²) in [6, 6.07) is 0. The number of hydrogen-bond acceptors (Lipinski definition) is 5. The standard InChI is InChI=1S/C7H13NO2.C2H4O2.Na/c1-3-7(10-2)5-4-6-8-9;1-2(3)4;/h3,6-7,9H,1,4-5H2,2H3;1H3,(H,3,4);/q;;+1/p-1. The van der Waals surface area contributed by atoms with E-state index in [1.54, 1.807) is 13.2 Å². The van der Waals surface area contributed by atoms with Crippen LogP contribution >= 0.6 is 0 Å². The number of aliphatic carboxylic acids is 1. The molecule has 0 amide bonds. The van der Waals surface area contributed by atoms with Crippen molar-refractivity contribution in [2.45, 2.75) is 25.9 Å². The van der Waals surface area contributed by atoms with Gasteiger partial charge in [-0.25, -0.2) is 0 Å². The van der Waals surface area contributed by atoms with E-state index in [1.807, 2.05) is 0 Å². The molecular formula is C9H16NNaO4. The third-order valence-corrected chi connectivity index (χ3v) is 1.23. The van der Waals surface area contributed by atoms with Crippen LogP contribution in [0.3, 0.4) is 0 Å². The van der Waals surface area contributed by atoms with Crippen LogP contribution in [0.2, 0.25) is 0 Å². The molecule has 0 radical (unpaired) electrons. The second-order valence-corrected chi connectivity index (χ2v) is 2.38. The molecule has 0 saturated carbocycles. The van der Waals surface area contributed by atoms with E-state index in [1.165, 1.54) is 6.21 Å². The van der Waals surface area contributed by atoms with Crippen LogP contribution in [0.1, 0.15) is 19.8 Å². The van der Waals surface area contributed by atoms with E-state index < -0.39 is 5.97 Å². The van der Waals surface area contributed by atoms with Crippen LogP contribution in [0, 0.1) is 0 Å². The summed E-state index contributed by atoms with van der Waals surface area (Å²) in [4.78, 5) is 8.89. The Morgan fingerprint density at radius 2 is 2.20 bits per heavy atom. The second-order valence-electron chi connectivity index (χ2n) is 2.38. The Morgan fingerprint density at radius 3 is 2.47 bits per heavy atom. The minimum Gasteiger partial charge on any atom is -0.550 e. The van der Waals surface area contributed by atoms with Gasteiger partial charge in [0.2, 0.25) is 0 Å². The summed E-state index contributed by atoms with van der Waals surface area (Å²) in [5.41, 5.74) is 0. The maximum absolute atomic E-state index is 8.89. The first-order chi connectivity index (χ1) is 6.58. The largest absolute Gasteiger partial charge is 1.00 e. The topological polar surface area (TPSA) is 82.0 Å². The number of ether oxygens (including phenoxy) is 1. The SMILES string of the molecule is C=CC(CCC=NO)OC.CC(=O)[O-].[Na+]. The molecule has 1 N–H and O–H groups in total. The first-order valence-corrected chi connectivity index (χ1v) is 4.07. The van der Waals surface area contributed by atoms with Crippen molar-refractivity contribution in [2.75, 3.05) is 7.11 Å². The van der Waals surface area contributed by atoms with Gasteiger partial charge in [-0.1, -0.05) is 6.08 Å². The van der Waals surface area contributed by atoms with E-state index in [-0.39, 0.29) is 35.7 Å². The monoisotopic (exact) mass is 225 g/mol. The van der Waals surface area contributed by atoms with Crippen molar-refractivity contribution in [3.8, 4) is 0 Å². The fourth-order valence-corrected chi connectivity index (χ4v) is 0.628. The second kappa shape index (κ2) is 16.1. The molecule has 0 rings (SSSR count). The smallest absolute Gasteiger partial charge is 0.550 e. The van der Waals surface area contributed by atoms with E-state index in [4.69, 9.17) is 19.8 Å². The van der Waals surface area contributed by atoms with Gasteiger partial charge in [-0.15, -0.1) is 11.7 Å². The Hall–Kier alpha value is -0.360. The first-order valence-electron chi connectivity index (χ1n) is 4.07. The van der Waals surface area contributed by atoms with Gasteiger partial charge in [0, 0.05) is 19.3 Å². The van der Waals surface area contributed by atoms with Gasteiger partial charge in [0.05, 0.1) is 6.10 Å². The zero-order chi connectivity index (χ0) is 11.4. The third-order valence-electron chi connectivity index (χ3n) is 1.23. The molecule has 0 fully saturated rings. The summed E-state index contributed by atoms with van der Waals surface area (Å²) in [7, 11) is 1.63. The maximum atomic E-state index is 8.89. The van der Waals surface area contributed by atoms with Gasteiger partial charge in [0.1, 0.15) is 0 Å². The predicted molar refractivity (Wildman–Crippen MR) is 51.2 cm³/mol. The van der Waals surface area contributed by atoms with Gasteiger partial charge in [-0.2, -0.15) is 0 Å². The Balaban J connectivity index is -0.000000249. The molecule has 0 aliphatic rings. The average molecular weight is 225 g/mol. The van der Waals surface area contributed by atoms with Gasteiger partial charge in [-0.3, -0.25) is 0 Å². The molecule has 0 aromatic carbocycles. The van der Waals surface area contributed by atoms with Crippen molar-refractivity contribution < 1.29 is 49.4 Å². The number of carbonyl (C=O) groups is 1. The molecule has 0 aromatic rings. The number of rotatable bonds is 5. The molecule has 15 heavy (non-hydrogen) atoms. The Morgan fingerprint density at radius 1 is 1.73 bits per heavy atom.